The maximum absolute atomic E-state index is 14.0. The van der Waals surface area contributed by atoms with E-state index in [1.165, 1.54) is 17.0 Å². The monoisotopic (exact) mass is 613 g/mol. The summed E-state index contributed by atoms with van der Waals surface area (Å²) in [6, 6.07) is 12.4. The molecule has 0 unspecified atom stereocenters. The normalized spacial score (nSPS) is 13.8. The Morgan fingerprint density at radius 2 is 1.69 bits per heavy atom. The molecule has 45 heavy (non-hydrogen) atoms. The van der Waals surface area contributed by atoms with Gasteiger partial charge in [0, 0.05) is 35.4 Å². The van der Waals surface area contributed by atoms with E-state index in [0.29, 0.717) is 34.0 Å². The zero-order valence-electron chi connectivity index (χ0n) is 23.4. The van der Waals surface area contributed by atoms with Crippen molar-refractivity contribution in [2.75, 3.05) is 11.4 Å². The van der Waals surface area contributed by atoms with Crippen LogP contribution >= 0.6 is 0 Å². The van der Waals surface area contributed by atoms with E-state index in [1.54, 1.807) is 37.3 Å². The van der Waals surface area contributed by atoms with Gasteiger partial charge in [0.1, 0.15) is 35.2 Å². The molecule has 226 valence electrons. The van der Waals surface area contributed by atoms with E-state index in [1.807, 2.05) is 0 Å². The standard InChI is InChI=1S/C30H22F3N9O3/c1-15-6-16(2-5-22(15)33)12-34-28(43)23-11-24(36-14-35-23)29(44)37-25-13-42(30(45)18-7-19(31)10-20(32)8-18)26-9-17(3-4-21(25)26)27-38-40-41-39-27/h2-11,14,25H,12-13H2,1H3,(H,34,43)(H,37,44)(H,38,39,40,41)/t25-/m1/s1. The second-order valence-electron chi connectivity index (χ2n) is 10.2. The third-order valence-electron chi connectivity index (χ3n) is 7.13. The van der Waals surface area contributed by atoms with Crippen LogP contribution in [-0.2, 0) is 6.54 Å². The number of halogens is 3. The zero-order chi connectivity index (χ0) is 31.7. The number of hydrogen-bond donors (Lipinski definition) is 3. The number of nitrogens with one attached hydrogen (secondary N) is 3. The van der Waals surface area contributed by atoms with Gasteiger partial charge in [-0.15, -0.1) is 10.2 Å². The number of tetrazole rings is 1. The number of fused-ring (bicyclic) bond motifs is 1. The molecule has 0 fully saturated rings. The van der Waals surface area contributed by atoms with E-state index < -0.39 is 35.4 Å². The van der Waals surface area contributed by atoms with Gasteiger partial charge in [-0.3, -0.25) is 14.4 Å². The van der Waals surface area contributed by atoms with Gasteiger partial charge < -0.3 is 15.5 Å². The second-order valence-corrected chi connectivity index (χ2v) is 10.2. The molecule has 0 radical (unpaired) electrons. The molecule has 0 saturated carbocycles. The van der Waals surface area contributed by atoms with Gasteiger partial charge in [-0.1, -0.05) is 24.3 Å². The summed E-state index contributed by atoms with van der Waals surface area (Å²) in [5.74, 6) is -3.88. The number of rotatable bonds is 7. The summed E-state index contributed by atoms with van der Waals surface area (Å²) in [5, 5.41) is 19.3. The van der Waals surface area contributed by atoms with Crippen LogP contribution in [0.15, 0.2) is 67.0 Å². The fourth-order valence-corrected chi connectivity index (χ4v) is 4.95. The number of amides is 3. The third-order valence-corrected chi connectivity index (χ3v) is 7.13. The fraction of sp³-hybridized carbons (Fsp3) is 0.133. The first-order valence-electron chi connectivity index (χ1n) is 13.5. The molecule has 0 saturated heterocycles. The minimum Gasteiger partial charge on any atom is -0.347 e. The predicted octanol–water partition coefficient (Wildman–Crippen LogP) is 3.44. The minimum atomic E-state index is -0.917. The number of nitrogens with zero attached hydrogens (tertiary/aromatic N) is 6. The summed E-state index contributed by atoms with van der Waals surface area (Å²) in [6.07, 6.45) is 1.07. The number of H-pyrrole nitrogens is 1. The molecule has 12 nitrogen and oxygen atoms in total. The van der Waals surface area contributed by atoms with Crippen LogP contribution in [0.4, 0.5) is 18.9 Å². The molecular formula is C30H22F3N9O3. The molecule has 15 heteroatoms. The molecule has 1 aliphatic rings. The van der Waals surface area contributed by atoms with Crippen molar-refractivity contribution in [1.29, 1.82) is 0 Å². The van der Waals surface area contributed by atoms with Crippen molar-refractivity contribution >= 4 is 23.4 Å². The van der Waals surface area contributed by atoms with Gasteiger partial charge in [-0.2, -0.15) is 5.21 Å². The Bertz CT molecular complexity index is 1930. The molecule has 0 bridgehead atoms. The smallest absolute Gasteiger partial charge is 0.270 e. The van der Waals surface area contributed by atoms with Crippen LogP contribution in [0.25, 0.3) is 11.4 Å². The van der Waals surface area contributed by atoms with Gasteiger partial charge in [0.15, 0.2) is 0 Å². The molecule has 1 aliphatic heterocycles. The lowest BCUT2D eigenvalue weighted by Gasteiger charge is -2.19. The summed E-state index contributed by atoms with van der Waals surface area (Å²) >= 11 is 0. The van der Waals surface area contributed by atoms with Crippen LogP contribution in [0.3, 0.4) is 0 Å². The lowest BCUT2D eigenvalue weighted by atomic mass is 10.1. The lowest BCUT2D eigenvalue weighted by molar-refractivity contribution is 0.0924. The average molecular weight is 614 g/mol. The van der Waals surface area contributed by atoms with Crippen LogP contribution in [-0.4, -0.2) is 54.9 Å². The molecule has 2 aromatic heterocycles. The Balaban J connectivity index is 1.23. The molecular weight excluding hydrogens is 591 g/mol. The van der Waals surface area contributed by atoms with Crippen LogP contribution in [0.5, 0.6) is 0 Å². The number of hydrogen-bond acceptors (Lipinski definition) is 8. The largest absolute Gasteiger partial charge is 0.347 e. The molecule has 5 aromatic rings. The number of aryl methyl sites for hydroxylation is 1. The van der Waals surface area contributed by atoms with E-state index >= 15 is 0 Å². The lowest BCUT2D eigenvalue weighted by Crippen LogP contribution is -2.36. The quantitative estimate of drug-likeness (QED) is 0.252. The number of carbonyl (C=O) groups is 3. The Kier molecular flexibility index (Phi) is 7.73. The van der Waals surface area contributed by atoms with Gasteiger partial charge in [0.05, 0.1) is 18.3 Å². The van der Waals surface area contributed by atoms with E-state index in [4.69, 9.17) is 0 Å². The molecule has 3 heterocycles. The molecule has 3 N–H and O–H groups in total. The molecule has 0 spiro atoms. The Hall–Kier alpha value is -5.99. The van der Waals surface area contributed by atoms with Crippen molar-refractivity contribution in [3.05, 3.63) is 118 Å². The highest BCUT2D eigenvalue weighted by Gasteiger charge is 2.35. The molecule has 3 amide bonds. The minimum absolute atomic E-state index is 0.0736. The SMILES string of the molecule is Cc1cc(CNC(=O)c2cc(C(=O)N[C@@H]3CN(C(=O)c4cc(F)cc(F)c4)c4cc(-c5nn[nH]n5)ccc43)ncn2)ccc1F. The van der Waals surface area contributed by atoms with Crippen molar-refractivity contribution < 1.29 is 27.6 Å². The maximum atomic E-state index is 14.0. The zero-order valence-corrected chi connectivity index (χ0v) is 23.4. The number of carbonyl (C=O) groups excluding carboxylic acids is 3. The first kappa shape index (κ1) is 29.1. The Labute approximate surface area is 252 Å². The van der Waals surface area contributed by atoms with Gasteiger partial charge in [0.25, 0.3) is 17.7 Å². The highest BCUT2D eigenvalue weighted by atomic mass is 19.1. The molecule has 1 atom stereocenters. The summed E-state index contributed by atoms with van der Waals surface area (Å²) in [5.41, 5.74) is 2.09. The first-order chi connectivity index (χ1) is 21.7. The Morgan fingerprint density at radius 1 is 0.933 bits per heavy atom. The van der Waals surface area contributed by atoms with Gasteiger partial charge in [-0.25, -0.2) is 23.1 Å². The van der Waals surface area contributed by atoms with E-state index in [9.17, 15) is 27.6 Å². The Morgan fingerprint density at radius 3 is 2.40 bits per heavy atom. The van der Waals surface area contributed by atoms with E-state index in [0.717, 1.165) is 18.5 Å². The molecule has 3 aromatic carbocycles. The topological polar surface area (TPSA) is 159 Å². The number of benzene rings is 3. The highest BCUT2D eigenvalue weighted by molar-refractivity contribution is 6.08. The van der Waals surface area contributed by atoms with Crippen LogP contribution in [0.2, 0.25) is 0 Å². The summed E-state index contributed by atoms with van der Waals surface area (Å²) in [4.78, 5) is 48.8. The predicted molar refractivity (Wildman–Crippen MR) is 152 cm³/mol. The van der Waals surface area contributed by atoms with Crippen LogP contribution < -0.4 is 15.5 Å². The van der Waals surface area contributed by atoms with Crippen LogP contribution in [0.1, 0.15) is 54.1 Å². The van der Waals surface area contributed by atoms with Gasteiger partial charge in [0.2, 0.25) is 5.82 Å². The number of aromatic nitrogens is 6. The average Bonchev–Trinajstić information content (AvgIpc) is 3.69. The van der Waals surface area contributed by atoms with E-state index in [2.05, 4.69) is 41.2 Å². The first-order valence-corrected chi connectivity index (χ1v) is 13.5. The van der Waals surface area contributed by atoms with E-state index in [-0.39, 0.29) is 41.7 Å². The highest BCUT2D eigenvalue weighted by Crippen LogP contribution is 2.38. The summed E-state index contributed by atoms with van der Waals surface area (Å²) < 4.78 is 41.5. The van der Waals surface area contributed by atoms with Gasteiger partial charge in [-0.05, 0) is 47.5 Å². The van der Waals surface area contributed by atoms with Crippen molar-refractivity contribution in [3.8, 4) is 11.4 Å². The van der Waals surface area contributed by atoms with Crippen molar-refractivity contribution in [1.82, 2.24) is 41.2 Å². The summed E-state index contributed by atoms with van der Waals surface area (Å²) in [6.45, 7) is 1.64. The third kappa shape index (κ3) is 6.08. The second kappa shape index (κ2) is 11.9. The molecule has 6 rings (SSSR count). The van der Waals surface area contributed by atoms with Crippen molar-refractivity contribution in [3.63, 3.8) is 0 Å². The maximum Gasteiger partial charge on any atom is 0.270 e. The fourth-order valence-electron chi connectivity index (χ4n) is 4.95. The molecule has 0 aliphatic carbocycles. The van der Waals surface area contributed by atoms with Crippen LogP contribution in [0, 0.1) is 24.4 Å². The van der Waals surface area contributed by atoms with Crippen molar-refractivity contribution in [2.45, 2.75) is 19.5 Å². The van der Waals surface area contributed by atoms with Gasteiger partial charge >= 0.3 is 0 Å². The number of anilines is 1. The summed E-state index contributed by atoms with van der Waals surface area (Å²) in [7, 11) is 0. The number of aromatic amines is 1. The van der Waals surface area contributed by atoms with Crippen molar-refractivity contribution in [2.24, 2.45) is 0 Å².